The second-order valence-corrected chi connectivity index (χ2v) is 3.22. The molecule has 1 amide bonds. The first-order valence-electron chi connectivity index (χ1n) is 5.11. The molecule has 2 N–H and O–H groups in total. The van der Waals surface area contributed by atoms with Gasteiger partial charge in [0.05, 0.1) is 0 Å². The fourth-order valence-corrected chi connectivity index (χ4v) is 1.07. The lowest BCUT2D eigenvalue weighted by Crippen LogP contribution is -2.13. The number of amides is 1. The molecule has 0 saturated carbocycles. The summed E-state index contributed by atoms with van der Waals surface area (Å²) < 4.78 is 9.66. The molecule has 18 heavy (non-hydrogen) atoms. The molecule has 0 aromatic heterocycles. The van der Waals surface area contributed by atoms with Crippen LogP contribution in [-0.2, 0) is 9.53 Å². The lowest BCUT2D eigenvalue weighted by molar-refractivity contribution is -0.139. The molecule has 1 aromatic rings. The van der Waals surface area contributed by atoms with Gasteiger partial charge in [-0.25, -0.2) is 9.59 Å². The monoisotopic (exact) mass is 251 g/mol. The number of carboxylic acids is 1. The highest BCUT2D eigenvalue weighted by molar-refractivity contribution is 5.84. The number of hydrogen-bond donors (Lipinski definition) is 2. The third-order valence-corrected chi connectivity index (χ3v) is 1.80. The van der Waals surface area contributed by atoms with Crippen LogP contribution >= 0.6 is 0 Å². The summed E-state index contributed by atoms with van der Waals surface area (Å²) in [6, 6.07) is 6.25. The molecule has 0 saturated heterocycles. The van der Waals surface area contributed by atoms with E-state index in [1.807, 2.05) is 0 Å². The summed E-state index contributed by atoms with van der Waals surface area (Å²) in [5.74, 6) is -0.646. The van der Waals surface area contributed by atoms with Crippen LogP contribution in [0.15, 0.2) is 36.9 Å². The van der Waals surface area contributed by atoms with Gasteiger partial charge in [-0.3, -0.25) is 5.32 Å². The number of carbonyl (C=O) groups is 2. The zero-order valence-electron chi connectivity index (χ0n) is 9.59. The molecular formula is C12H13NO5. The number of benzene rings is 1. The van der Waals surface area contributed by atoms with Crippen molar-refractivity contribution in [3.8, 4) is 5.75 Å². The van der Waals surface area contributed by atoms with Gasteiger partial charge in [-0.05, 0) is 24.3 Å². The zero-order chi connectivity index (χ0) is 13.4. The summed E-state index contributed by atoms with van der Waals surface area (Å²) in [5.41, 5.74) is 0.520. The minimum atomic E-state index is -1.05. The van der Waals surface area contributed by atoms with Crippen LogP contribution in [0, 0.1) is 0 Å². The molecule has 0 spiro atoms. The van der Waals surface area contributed by atoms with Crippen LogP contribution in [0.2, 0.25) is 0 Å². The Morgan fingerprint density at radius 2 is 2.00 bits per heavy atom. The maximum atomic E-state index is 11.2. The van der Waals surface area contributed by atoms with E-state index < -0.39 is 18.7 Å². The normalized spacial score (nSPS) is 9.33. The highest BCUT2D eigenvalue weighted by atomic mass is 16.5. The van der Waals surface area contributed by atoms with E-state index in [4.69, 9.17) is 14.6 Å². The van der Waals surface area contributed by atoms with E-state index >= 15 is 0 Å². The van der Waals surface area contributed by atoms with E-state index in [1.54, 1.807) is 24.3 Å². The smallest absolute Gasteiger partial charge is 0.411 e. The largest absolute Gasteiger partial charge is 0.482 e. The van der Waals surface area contributed by atoms with Crippen molar-refractivity contribution in [2.45, 2.75) is 0 Å². The first-order valence-corrected chi connectivity index (χ1v) is 5.11. The Morgan fingerprint density at radius 3 is 2.56 bits per heavy atom. The van der Waals surface area contributed by atoms with Gasteiger partial charge in [-0.15, -0.1) is 0 Å². The van der Waals surface area contributed by atoms with Crippen molar-refractivity contribution >= 4 is 17.7 Å². The van der Waals surface area contributed by atoms with Crippen LogP contribution in [0.4, 0.5) is 10.5 Å². The molecule has 0 fully saturated rings. The predicted molar refractivity (Wildman–Crippen MR) is 64.7 cm³/mol. The Labute approximate surface area is 104 Å². The van der Waals surface area contributed by atoms with Crippen molar-refractivity contribution in [1.29, 1.82) is 0 Å². The molecule has 6 nitrogen and oxygen atoms in total. The summed E-state index contributed by atoms with van der Waals surface area (Å²) in [6.07, 6.45) is 0.872. The molecule has 96 valence electrons. The first kappa shape index (κ1) is 13.6. The molecular weight excluding hydrogens is 238 g/mol. The van der Waals surface area contributed by atoms with Crippen LogP contribution in [-0.4, -0.2) is 30.4 Å². The standard InChI is InChI=1S/C12H13NO5/c1-2-7-17-12(16)13-9-3-5-10(6-4-9)18-8-11(14)15/h2-6H,1,7-8H2,(H,13,16)(H,14,15). The van der Waals surface area contributed by atoms with E-state index in [0.717, 1.165) is 0 Å². The fraction of sp³-hybridized carbons (Fsp3) is 0.167. The molecule has 0 bridgehead atoms. The van der Waals surface area contributed by atoms with E-state index in [2.05, 4.69) is 11.9 Å². The maximum absolute atomic E-state index is 11.2. The molecule has 0 atom stereocenters. The Bertz CT molecular complexity index is 427. The lowest BCUT2D eigenvalue weighted by atomic mass is 10.3. The van der Waals surface area contributed by atoms with Gasteiger partial charge in [0.15, 0.2) is 6.61 Å². The van der Waals surface area contributed by atoms with Crippen LogP contribution in [0.1, 0.15) is 0 Å². The molecule has 0 radical (unpaired) electrons. The van der Waals surface area contributed by atoms with Gasteiger partial charge in [0, 0.05) is 5.69 Å². The Kier molecular flexibility index (Phi) is 5.24. The van der Waals surface area contributed by atoms with Gasteiger partial charge in [0.25, 0.3) is 0 Å². The molecule has 6 heteroatoms. The average Bonchev–Trinajstić information content (AvgIpc) is 2.35. The van der Waals surface area contributed by atoms with Crippen LogP contribution in [0.5, 0.6) is 5.75 Å². The van der Waals surface area contributed by atoms with E-state index in [0.29, 0.717) is 11.4 Å². The molecule has 0 heterocycles. The van der Waals surface area contributed by atoms with E-state index in [1.165, 1.54) is 6.08 Å². The van der Waals surface area contributed by atoms with Crippen molar-refractivity contribution in [3.05, 3.63) is 36.9 Å². The lowest BCUT2D eigenvalue weighted by Gasteiger charge is -2.06. The van der Waals surface area contributed by atoms with Crippen molar-refractivity contribution in [2.75, 3.05) is 18.5 Å². The number of aliphatic carboxylic acids is 1. The average molecular weight is 251 g/mol. The maximum Gasteiger partial charge on any atom is 0.411 e. The number of carbonyl (C=O) groups excluding carboxylic acids is 1. The highest BCUT2D eigenvalue weighted by Gasteiger charge is 2.03. The summed E-state index contributed by atoms with van der Waals surface area (Å²) >= 11 is 0. The van der Waals surface area contributed by atoms with Gasteiger partial charge in [-0.1, -0.05) is 12.7 Å². The number of ether oxygens (including phenoxy) is 2. The van der Waals surface area contributed by atoms with Gasteiger partial charge < -0.3 is 14.6 Å². The summed E-state index contributed by atoms with van der Waals surface area (Å²) in [6.45, 7) is 3.14. The third-order valence-electron chi connectivity index (χ3n) is 1.80. The SMILES string of the molecule is C=CCOC(=O)Nc1ccc(OCC(=O)O)cc1. The van der Waals surface area contributed by atoms with Crippen molar-refractivity contribution in [1.82, 2.24) is 0 Å². The second-order valence-electron chi connectivity index (χ2n) is 3.22. The number of nitrogens with one attached hydrogen (secondary N) is 1. The predicted octanol–water partition coefficient (Wildman–Crippen LogP) is 1.88. The number of anilines is 1. The van der Waals surface area contributed by atoms with Crippen molar-refractivity contribution < 1.29 is 24.2 Å². The number of hydrogen-bond acceptors (Lipinski definition) is 4. The van der Waals surface area contributed by atoms with Crippen molar-refractivity contribution in [3.63, 3.8) is 0 Å². The van der Waals surface area contributed by atoms with Gasteiger partial charge in [-0.2, -0.15) is 0 Å². The summed E-state index contributed by atoms with van der Waals surface area (Å²) in [7, 11) is 0. The number of rotatable bonds is 6. The number of carboxylic acid groups (broad SMARTS) is 1. The summed E-state index contributed by atoms with van der Waals surface area (Å²) in [5, 5.41) is 10.9. The Morgan fingerprint density at radius 1 is 1.33 bits per heavy atom. The molecule has 0 aliphatic rings. The van der Waals surface area contributed by atoms with Gasteiger partial charge >= 0.3 is 12.1 Å². The molecule has 1 rings (SSSR count). The molecule has 0 aliphatic heterocycles. The Balaban J connectivity index is 2.46. The minimum Gasteiger partial charge on any atom is -0.482 e. The minimum absolute atomic E-state index is 0.131. The first-order chi connectivity index (χ1) is 8.61. The Hall–Kier alpha value is -2.50. The van der Waals surface area contributed by atoms with Gasteiger partial charge in [0.1, 0.15) is 12.4 Å². The van der Waals surface area contributed by atoms with E-state index in [9.17, 15) is 9.59 Å². The quantitative estimate of drug-likeness (QED) is 0.754. The zero-order valence-corrected chi connectivity index (χ0v) is 9.59. The topological polar surface area (TPSA) is 84.9 Å². The fourth-order valence-electron chi connectivity index (χ4n) is 1.07. The van der Waals surface area contributed by atoms with E-state index in [-0.39, 0.29) is 6.61 Å². The molecule has 0 unspecified atom stereocenters. The summed E-state index contributed by atoms with van der Waals surface area (Å²) in [4.78, 5) is 21.5. The van der Waals surface area contributed by atoms with Gasteiger partial charge in [0.2, 0.25) is 0 Å². The van der Waals surface area contributed by atoms with Crippen molar-refractivity contribution in [2.24, 2.45) is 0 Å². The third kappa shape index (κ3) is 5.02. The molecule has 0 aliphatic carbocycles. The van der Waals surface area contributed by atoms with Crippen LogP contribution in [0.3, 0.4) is 0 Å². The van der Waals surface area contributed by atoms with Crippen LogP contribution < -0.4 is 10.1 Å². The second kappa shape index (κ2) is 6.95. The molecule has 1 aromatic carbocycles. The highest BCUT2D eigenvalue weighted by Crippen LogP contribution is 2.15. The van der Waals surface area contributed by atoms with Crippen LogP contribution in [0.25, 0.3) is 0 Å².